The van der Waals surface area contributed by atoms with Crippen molar-refractivity contribution < 1.29 is 9.53 Å². The highest BCUT2D eigenvalue weighted by atomic mass is 35.5. The zero-order valence-electron chi connectivity index (χ0n) is 9.57. The van der Waals surface area contributed by atoms with Crippen LogP contribution in [0.15, 0.2) is 18.2 Å². The number of hydrogen-bond acceptors (Lipinski definition) is 3. The van der Waals surface area contributed by atoms with Crippen molar-refractivity contribution >= 4 is 23.6 Å². The van der Waals surface area contributed by atoms with Gasteiger partial charge in [-0.2, -0.15) is 0 Å². The fourth-order valence-electron chi connectivity index (χ4n) is 1.56. The number of carbonyl (C=O) groups excluding carboxylic acids is 1. The van der Waals surface area contributed by atoms with Crippen LogP contribution in [0.4, 0.5) is 5.69 Å². The molecule has 3 nitrogen and oxygen atoms in total. The number of halogens is 1. The van der Waals surface area contributed by atoms with Gasteiger partial charge in [0, 0.05) is 36.5 Å². The van der Waals surface area contributed by atoms with E-state index in [1.807, 2.05) is 13.0 Å². The summed E-state index contributed by atoms with van der Waals surface area (Å²) in [7, 11) is 1.66. The molecule has 4 heteroatoms. The number of methoxy groups -OCH3 is 1. The van der Waals surface area contributed by atoms with Crippen LogP contribution in [0.2, 0.25) is 5.02 Å². The zero-order valence-corrected chi connectivity index (χ0v) is 10.3. The highest BCUT2D eigenvalue weighted by Gasteiger charge is 2.09. The van der Waals surface area contributed by atoms with E-state index in [4.69, 9.17) is 16.3 Å². The standard InChI is InChI=1S/C12H16ClNO2/c1-3-14(6-7-16-2)12-5-4-11(13)8-10(12)9-15/h4-5,8-9H,3,6-7H2,1-2H3. The van der Waals surface area contributed by atoms with Gasteiger partial charge < -0.3 is 9.64 Å². The summed E-state index contributed by atoms with van der Waals surface area (Å²) in [4.78, 5) is 13.0. The summed E-state index contributed by atoms with van der Waals surface area (Å²) < 4.78 is 5.04. The van der Waals surface area contributed by atoms with E-state index in [0.29, 0.717) is 17.2 Å². The third-order valence-corrected chi connectivity index (χ3v) is 2.64. The molecule has 0 N–H and O–H groups in total. The lowest BCUT2D eigenvalue weighted by molar-refractivity contribution is 0.112. The highest BCUT2D eigenvalue weighted by molar-refractivity contribution is 6.31. The fourth-order valence-corrected chi connectivity index (χ4v) is 1.74. The molecule has 0 spiro atoms. The van der Waals surface area contributed by atoms with Crippen molar-refractivity contribution in [3.8, 4) is 0 Å². The molecule has 0 amide bonds. The maximum atomic E-state index is 11.0. The first-order valence-electron chi connectivity index (χ1n) is 5.21. The van der Waals surface area contributed by atoms with Gasteiger partial charge in [0.15, 0.2) is 6.29 Å². The Bertz CT molecular complexity index is 355. The molecular formula is C12H16ClNO2. The molecule has 0 saturated carbocycles. The Labute approximate surface area is 101 Å². The van der Waals surface area contributed by atoms with Gasteiger partial charge >= 0.3 is 0 Å². The summed E-state index contributed by atoms with van der Waals surface area (Å²) in [6.07, 6.45) is 0.830. The number of benzene rings is 1. The molecule has 0 aliphatic carbocycles. The van der Waals surface area contributed by atoms with Crippen LogP contribution in [0.25, 0.3) is 0 Å². The van der Waals surface area contributed by atoms with Crippen molar-refractivity contribution in [3.05, 3.63) is 28.8 Å². The minimum atomic E-state index is 0.577. The number of ether oxygens (including phenoxy) is 1. The summed E-state index contributed by atoms with van der Waals surface area (Å²) >= 11 is 5.85. The van der Waals surface area contributed by atoms with E-state index in [0.717, 1.165) is 25.1 Å². The average Bonchev–Trinajstić information content (AvgIpc) is 2.31. The highest BCUT2D eigenvalue weighted by Crippen LogP contribution is 2.22. The van der Waals surface area contributed by atoms with Gasteiger partial charge in [-0.1, -0.05) is 11.6 Å². The quantitative estimate of drug-likeness (QED) is 0.717. The molecule has 0 aliphatic rings. The van der Waals surface area contributed by atoms with E-state index in [-0.39, 0.29) is 0 Å². The minimum Gasteiger partial charge on any atom is -0.383 e. The number of anilines is 1. The second kappa shape index (κ2) is 6.51. The number of carbonyl (C=O) groups is 1. The summed E-state index contributed by atoms with van der Waals surface area (Å²) in [6.45, 7) is 4.26. The molecule has 0 bridgehead atoms. The lowest BCUT2D eigenvalue weighted by Crippen LogP contribution is -2.27. The fraction of sp³-hybridized carbons (Fsp3) is 0.417. The smallest absolute Gasteiger partial charge is 0.152 e. The van der Waals surface area contributed by atoms with Crippen LogP contribution in [0.1, 0.15) is 17.3 Å². The Kier molecular flexibility index (Phi) is 5.29. The monoisotopic (exact) mass is 241 g/mol. The van der Waals surface area contributed by atoms with Crippen LogP contribution < -0.4 is 4.90 Å². The van der Waals surface area contributed by atoms with Crippen LogP contribution in [0, 0.1) is 0 Å². The Hall–Kier alpha value is -1.06. The molecule has 0 heterocycles. The maximum absolute atomic E-state index is 11.0. The van der Waals surface area contributed by atoms with Gasteiger partial charge in [-0.3, -0.25) is 4.79 Å². The topological polar surface area (TPSA) is 29.5 Å². The molecule has 0 aromatic heterocycles. The van der Waals surface area contributed by atoms with Gasteiger partial charge in [-0.25, -0.2) is 0 Å². The molecule has 0 aliphatic heterocycles. The van der Waals surface area contributed by atoms with Crippen molar-refractivity contribution in [2.45, 2.75) is 6.92 Å². The van der Waals surface area contributed by atoms with Gasteiger partial charge in [0.05, 0.1) is 6.61 Å². The number of likely N-dealkylation sites (N-methyl/N-ethyl adjacent to an activating group) is 1. The normalized spacial score (nSPS) is 10.2. The first kappa shape index (κ1) is 13.0. The molecule has 0 saturated heterocycles. The van der Waals surface area contributed by atoms with E-state index in [2.05, 4.69) is 4.90 Å². The molecular weight excluding hydrogens is 226 g/mol. The summed E-state index contributed by atoms with van der Waals surface area (Å²) in [5.74, 6) is 0. The van der Waals surface area contributed by atoms with Crippen LogP contribution in [0.5, 0.6) is 0 Å². The van der Waals surface area contributed by atoms with Crippen molar-refractivity contribution in [1.82, 2.24) is 0 Å². The lowest BCUT2D eigenvalue weighted by Gasteiger charge is -2.24. The second-order valence-corrected chi connectivity index (χ2v) is 3.83. The van der Waals surface area contributed by atoms with Crippen molar-refractivity contribution in [3.63, 3.8) is 0 Å². The van der Waals surface area contributed by atoms with Gasteiger partial charge in [-0.15, -0.1) is 0 Å². The largest absolute Gasteiger partial charge is 0.383 e. The van der Waals surface area contributed by atoms with Crippen LogP contribution in [-0.2, 0) is 4.74 Å². The SMILES string of the molecule is CCN(CCOC)c1ccc(Cl)cc1C=O. The molecule has 16 heavy (non-hydrogen) atoms. The van der Waals surface area contributed by atoms with Crippen molar-refractivity contribution in [2.24, 2.45) is 0 Å². The third kappa shape index (κ3) is 3.22. The number of nitrogens with zero attached hydrogens (tertiary/aromatic N) is 1. The molecule has 88 valence electrons. The number of aldehydes is 1. The Morgan fingerprint density at radius 1 is 1.50 bits per heavy atom. The van der Waals surface area contributed by atoms with E-state index in [1.54, 1.807) is 19.2 Å². The summed E-state index contributed by atoms with van der Waals surface area (Å²) in [5, 5.41) is 0.577. The van der Waals surface area contributed by atoms with Gasteiger partial charge in [0.1, 0.15) is 0 Å². The average molecular weight is 242 g/mol. The number of rotatable bonds is 6. The molecule has 0 fully saturated rings. The van der Waals surface area contributed by atoms with Crippen molar-refractivity contribution in [1.29, 1.82) is 0 Å². The van der Waals surface area contributed by atoms with Crippen LogP contribution in [0.3, 0.4) is 0 Å². The molecule has 0 radical (unpaired) electrons. The van der Waals surface area contributed by atoms with E-state index in [9.17, 15) is 4.79 Å². The molecule has 1 rings (SSSR count). The van der Waals surface area contributed by atoms with E-state index in [1.165, 1.54) is 0 Å². The van der Waals surface area contributed by atoms with Crippen LogP contribution >= 0.6 is 11.6 Å². The van der Waals surface area contributed by atoms with Gasteiger partial charge in [-0.05, 0) is 25.1 Å². The Morgan fingerprint density at radius 2 is 2.25 bits per heavy atom. The predicted molar refractivity (Wildman–Crippen MR) is 66.6 cm³/mol. The first-order valence-corrected chi connectivity index (χ1v) is 5.59. The van der Waals surface area contributed by atoms with E-state index >= 15 is 0 Å². The van der Waals surface area contributed by atoms with Crippen LogP contribution in [-0.4, -0.2) is 33.1 Å². The van der Waals surface area contributed by atoms with Gasteiger partial charge in [0.2, 0.25) is 0 Å². The predicted octanol–water partition coefficient (Wildman–Crippen LogP) is 2.63. The Balaban J connectivity index is 2.94. The summed E-state index contributed by atoms with van der Waals surface area (Å²) in [5.41, 5.74) is 1.52. The van der Waals surface area contributed by atoms with Gasteiger partial charge in [0.25, 0.3) is 0 Å². The lowest BCUT2D eigenvalue weighted by atomic mass is 10.1. The van der Waals surface area contributed by atoms with E-state index < -0.39 is 0 Å². The maximum Gasteiger partial charge on any atom is 0.152 e. The minimum absolute atomic E-state index is 0.577. The molecule has 1 aromatic rings. The first-order chi connectivity index (χ1) is 7.72. The third-order valence-electron chi connectivity index (χ3n) is 2.40. The molecule has 0 unspecified atom stereocenters. The molecule has 0 atom stereocenters. The molecule has 1 aromatic carbocycles. The van der Waals surface area contributed by atoms with Crippen molar-refractivity contribution in [2.75, 3.05) is 31.7 Å². The number of hydrogen-bond donors (Lipinski definition) is 0. The Morgan fingerprint density at radius 3 is 2.81 bits per heavy atom. The zero-order chi connectivity index (χ0) is 12.0. The summed E-state index contributed by atoms with van der Waals surface area (Å²) in [6, 6.07) is 5.34. The second-order valence-electron chi connectivity index (χ2n) is 3.39.